The quantitative estimate of drug-likeness (QED) is 0.836. The number of carbonyl (C=O) groups excluding carboxylic acids is 2. The van der Waals surface area contributed by atoms with Crippen LogP contribution < -0.4 is 15.8 Å². The second kappa shape index (κ2) is 8.57. The Hall–Kier alpha value is -2.24. The molecule has 1 fully saturated rings. The number of nitrogens with zero attached hydrogens (tertiary/aromatic N) is 1. The van der Waals surface area contributed by atoms with Crippen LogP contribution in [0, 0.1) is 13.8 Å². The van der Waals surface area contributed by atoms with Gasteiger partial charge in [-0.3, -0.25) is 4.79 Å². The summed E-state index contributed by atoms with van der Waals surface area (Å²) in [6.07, 6.45) is 3.29. The van der Waals surface area contributed by atoms with Crippen LogP contribution in [-0.4, -0.2) is 42.6 Å². The van der Waals surface area contributed by atoms with Gasteiger partial charge in [-0.2, -0.15) is 0 Å². The Kier molecular flexibility index (Phi) is 6.46. The van der Waals surface area contributed by atoms with Crippen LogP contribution in [0.25, 0.3) is 0 Å². The van der Waals surface area contributed by atoms with Crippen LogP contribution in [0.5, 0.6) is 5.75 Å². The molecule has 6 heteroatoms. The van der Waals surface area contributed by atoms with Crippen LogP contribution in [-0.2, 0) is 4.79 Å². The first kappa shape index (κ1) is 18.1. The molecule has 1 atom stereocenters. The van der Waals surface area contributed by atoms with Gasteiger partial charge in [-0.1, -0.05) is 6.07 Å². The number of rotatable bonds is 6. The molecule has 0 spiro atoms. The standard InChI is InChI=1S/C18H27N3O3/c1-13-9-14(2)11-16(10-13)24-8-6-17(22)21-7-4-3-5-15(21)12-20-18(19)23/h9-11,15H,3-8,12H2,1-2H3,(H3,19,20,23)/t15-/m0/s1. The van der Waals surface area contributed by atoms with Gasteiger partial charge in [0.25, 0.3) is 0 Å². The molecule has 0 aromatic heterocycles. The fraction of sp³-hybridized carbons (Fsp3) is 0.556. The third kappa shape index (κ3) is 5.44. The van der Waals surface area contributed by atoms with E-state index in [2.05, 4.69) is 11.4 Å². The average Bonchev–Trinajstić information content (AvgIpc) is 2.52. The Morgan fingerprint density at radius 1 is 1.25 bits per heavy atom. The Morgan fingerprint density at radius 3 is 2.62 bits per heavy atom. The van der Waals surface area contributed by atoms with Crippen LogP contribution in [0.2, 0.25) is 0 Å². The number of benzene rings is 1. The topological polar surface area (TPSA) is 84.7 Å². The van der Waals surface area contributed by atoms with E-state index in [0.29, 0.717) is 19.6 Å². The lowest BCUT2D eigenvalue weighted by Gasteiger charge is -2.35. The molecule has 2 rings (SSSR count). The van der Waals surface area contributed by atoms with Crippen molar-refractivity contribution in [3.8, 4) is 5.75 Å². The minimum atomic E-state index is -0.550. The highest BCUT2D eigenvalue weighted by molar-refractivity contribution is 5.77. The van der Waals surface area contributed by atoms with Gasteiger partial charge in [-0.25, -0.2) is 4.79 Å². The van der Waals surface area contributed by atoms with Crippen molar-refractivity contribution in [3.63, 3.8) is 0 Å². The molecule has 0 unspecified atom stereocenters. The van der Waals surface area contributed by atoms with Crippen molar-refractivity contribution in [3.05, 3.63) is 29.3 Å². The summed E-state index contributed by atoms with van der Waals surface area (Å²) in [7, 11) is 0. The molecule has 0 saturated carbocycles. The van der Waals surface area contributed by atoms with Gasteiger partial charge in [0.1, 0.15) is 5.75 Å². The van der Waals surface area contributed by atoms with Crippen molar-refractivity contribution in [2.24, 2.45) is 5.73 Å². The molecule has 1 aromatic rings. The molecule has 1 aromatic carbocycles. The SMILES string of the molecule is Cc1cc(C)cc(OCCC(=O)N2CCCC[C@H]2CNC(N)=O)c1. The third-order valence-corrected chi connectivity index (χ3v) is 4.24. The molecule has 6 nitrogen and oxygen atoms in total. The molecular weight excluding hydrogens is 306 g/mol. The molecule has 1 aliphatic heterocycles. The number of primary amides is 1. The minimum Gasteiger partial charge on any atom is -0.493 e. The highest BCUT2D eigenvalue weighted by atomic mass is 16.5. The summed E-state index contributed by atoms with van der Waals surface area (Å²) in [5.74, 6) is 0.862. The fourth-order valence-corrected chi connectivity index (χ4v) is 3.18. The van der Waals surface area contributed by atoms with Crippen LogP contribution in [0.3, 0.4) is 0 Å². The van der Waals surface area contributed by atoms with E-state index in [-0.39, 0.29) is 11.9 Å². The molecule has 3 N–H and O–H groups in total. The Balaban J connectivity index is 1.84. The highest BCUT2D eigenvalue weighted by Crippen LogP contribution is 2.19. The van der Waals surface area contributed by atoms with Gasteiger partial charge < -0.3 is 20.7 Å². The minimum absolute atomic E-state index is 0.0277. The van der Waals surface area contributed by atoms with E-state index in [4.69, 9.17) is 10.5 Å². The van der Waals surface area contributed by atoms with Crippen LogP contribution in [0.15, 0.2) is 18.2 Å². The summed E-state index contributed by atoms with van der Waals surface area (Å²) >= 11 is 0. The number of hydrogen-bond acceptors (Lipinski definition) is 3. The number of piperidine rings is 1. The summed E-state index contributed by atoms with van der Waals surface area (Å²) in [5, 5.41) is 2.61. The number of aryl methyl sites for hydroxylation is 2. The summed E-state index contributed by atoms with van der Waals surface area (Å²) in [6.45, 7) is 5.55. The monoisotopic (exact) mass is 333 g/mol. The first-order valence-electron chi connectivity index (χ1n) is 8.49. The number of nitrogens with one attached hydrogen (secondary N) is 1. The summed E-state index contributed by atoms with van der Waals surface area (Å²) in [4.78, 5) is 25.2. The van der Waals surface area contributed by atoms with Crippen LogP contribution >= 0.6 is 0 Å². The summed E-state index contributed by atoms with van der Waals surface area (Å²) < 4.78 is 5.73. The first-order chi connectivity index (χ1) is 11.5. The molecule has 24 heavy (non-hydrogen) atoms. The lowest BCUT2D eigenvalue weighted by atomic mass is 10.0. The first-order valence-corrected chi connectivity index (χ1v) is 8.49. The van der Waals surface area contributed by atoms with Gasteiger partial charge in [0, 0.05) is 19.1 Å². The molecule has 1 saturated heterocycles. The smallest absolute Gasteiger partial charge is 0.312 e. The fourth-order valence-electron chi connectivity index (χ4n) is 3.18. The van der Waals surface area contributed by atoms with Gasteiger partial charge >= 0.3 is 6.03 Å². The molecular formula is C18H27N3O3. The zero-order valence-corrected chi connectivity index (χ0v) is 14.5. The zero-order chi connectivity index (χ0) is 17.5. The van der Waals surface area contributed by atoms with E-state index in [1.165, 1.54) is 0 Å². The van der Waals surface area contributed by atoms with E-state index < -0.39 is 6.03 Å². The van der Waals surface area contributed by atoms with E-state index in [1.54, 1.807) is 0 Å². The van der Waals surface area contributed by atoms with E-state index in [0.717, 1.165) is 42.7 Å². The van der Waals surface area contributed by atoms with Crippen molar-refractivity contribution < 1.29 is 14.3 Å². The Morgan fingerprint density at radius 2 is 1.96 bits per heavy atom. The second-order valence-electron chi connectivity index (χ2n) is 6.40. The van der Waals surface area contributed by atoms with Crippen molar-refractivity contribution >= 4 is 11.9 Å². The van der Waals surface area contributed by atoms with Crippen molar-refractivity contribution in [1.29, 1.82) is 0 Å². The van der Waals surface area contributed by atoms with Crippen molar-refractivity contribution in [2.75, 3.05) is 19.7 Å². The maximum Gasteiger partial charge on any atom is 0.312 e. The number of hydrogen-bond donors (Lipinski definition) is 2. The number of nitrogens with two attached hydrogens (primary N) is 1. The third-order valence-electron chi connectivity index (χ3n) is 4.24. The lowest BCUT2D eigenvalue weighted by Crippen LogP contribution is -2.50. The van der Waals surface area contributed by atoms with Crippen LogP contribution in [0.4, 0.5) is 4.79 Å². The average molecular weight is 333 g/mol. The van der Waals surface area contributed by atoms with Crippen molar-refractivity contribution in [1.82, 2.24) is 10.2 Å². The largest absolute Gasteiger partial charge is 0.493 e. The van der Waals surface area contributed by atoms with Crippen LogP contribution in [0.1, 0.15) is 36.8 Å². The molecule has 0 bridgehead atoms. The number of carbonyl (C=O) groups is 2. The molecule has 1 aliphatic rings. The molecule has 0 aliphatic carbocycles. The van der Waals surface area contributed by atoms with Crippen molar-refractivity contribution in [2.45, 2.75) is 45.6 Å². The molecule has 0 radical (unpaired) electrons. The van der Waals surface area contributed by atoms with E-state index in [9.17, 15) is 9.59 Å². The summed E-state index contributed by atoms with van der Waals surface area (Å²) in [5.41, 5.74) is 7.41. The molecule has 1 heterocycles. The lowest BCUT2D eigenvalue weighted by molar-refractivity contribution is -0.135. The predicted octanol–water partition coefficient (Wildman–Crippen LogP) is 2.12. The highest BCUT2D eigenvalue weighted by Gasteiger charge is 2.26. The second-order valence-corrected chi connectivity index (χ2v) is 6.40. The Labute approximate surface area is 143 Å². The number of ether oxygens (including phenoxy) is 1. The van der Waals surface area contributed by atoms with Gasteiger partial charge in [0.15, 0.2) is 0 Å². The number of urea groups is 1. The molecule has 3 amide bonds. The summed E-state index contributed by atoms with van der Waals surface area (Å²) in [6, 6.07) is 5.50. The normalized spacial score (nSPS) is 17.4. The van der Waals surface area contributed by atoms with Gasteiger partial charge in [-0.15, -0.1) is 0 Å². The maximum atomic E-state index is 12.5. The maximum absolute atomic E-state index is 12.5. The zero-order valence-electron chi connectivity index (χ0n) is 14.5. The van der Waals surface area contributed by atoms with Gasteiger partial charge in [0.2, 0.25) is 5.91 Å². The number of amides is 3. The van der Waals surface area contributed by atoms with E-state index in [1.807, 2.05) is 30.9 Å². The Bertz CT molecular complexity index is 569. The molecule has 132 valence electrons. The predicted molar refractivity (Wildman–Crippen MR) is 93.0 cm³/mol. The number of likely N-dealkylation sites (tertiary alicyclic amines) is 1. The van der Waals surface area contributed by atoms with Gasteiger partial charge in [0.05, 0.1) is 13.0 Å². The van der Waals surface area contributed by atoms with Gasteiger partial charge in [-0.05, 0) is 56.4 Å². The van der Waals surface area contributed by atoms with E-state index >= 15 is 0 Å².